The lowest BCUT2D eigenvalue weighted by Crippen LogP contribution is -2.42. The first-order valence-electron chi connectivity index (χ1n) is 12.1. The Labute approximate surface area is 216 Å². The molecule has 0 bridgehead atoms. The predicted octanol–water partition coefficient (Wildman–Crippen LogP) is 6.33. The maximum absolute atomic E-state index is 13.3. The van der Waals surface area contributed by atoms with Gasteiger partial charge in [0.15, 0.2) is 0 Å². The Balaban J connectivity index is 0.00000267. The van der Waals surface area contributed by atoms with Gasteiger partial charge in [0.1, 0.15) is 11.3 Å². The zero-order valence-electron chi connectivity index (χ0n) is 19.9. The molecule has 1 fully saturated rings. The molecule has 0 atom stereocenters. The van der Waals surface area contributed by atoms with Gasteiger partial charge in [-0.2, -0.15) is 0 Å². The van der Waals surface area contributed by atoms with Crippen molar-refractivity contribution >= 4 is 45.7 Å². The summed E-state index contributed by atoms with van der Waals surface area (Å²) in [5.41, 5.74) is 4.35. The molecule has 6 rings (SSSR count). The highest BCUT2D eigenvalue weighted by atomic mass is 35.5. The van der Waals surface area contributed by atoms with Crippen molar-refractivity contribution in [2.24, 2.45) is 0 Å². The minimum absolute atomic E-state index is 0. The first kappa shape index (κ1) is 24.1. The van der Waals surface area contributed by atoms with Crippen LogP contribution in [0.15, 0.2) is 95.4 Å². The molecular formula is C30H28ClN3O2. The standard InChI is InChI=1S/C30H27N3O2.ClH/c34-30(25-10-5-7-22-6-1-2-8-24(22)25)32-27-11-4-3-9-26(27)29-19-23-13-12-21(18-28(23)35-29)20-33-16-14-31-15-17-33;/h1-13,18-19,31H,14-17,20H2,(H,32,34);1H. The number of anilines is 1. The summed E-state index contributed by atoms with van der Waals surface area (Å²) in [6, 6.07) is 30.0. The fourth-order valence-electron chi connectivity index (χ4n) is 4.85. The number of nitrogens with one attached hydrogen (secondary N) is 2. The van der Waals surface area contributed by atoms with Crippen LogP contribution in [0.4, 0.5) is 5.69 Å². The van der Waals surface area contributed by atoms with Crippen molar-refractivity contribution in [3.8, 4) is 11.3 Å². The number of halogens is 1. The molecule has 4 aromatic carbocycles. The molecule has 1 aliphatic heterocycles. The quantitative estimate of drug-likeness (QED) is 0.298. The van der Waals surface area contributed by atoms with Crippen molar-refractivity contribution < 1.29 is 9.21 Å². The average Bonchev–Trinajstić information content (AvgIpc) is 3.32. The summed E-state index contributed by atoms with van der Waals surface area (Å²) < 4.78 is 6.30. The molecule has 2 heterocycles. The Hall–Kier alpha value is -3.64. The van der Waals surface area contributed by atoms with Crippen LogP contribution in [0.2, 0.25) is 0 Å². The van der Waals surface area contributed by atoms with Crippen molar-refractivity contribution in [2.75, 3.05) is 31.5 Å². The number of hydrogen-bond donors (Lipinski definition) is 2. The molecule has 0 aliphatic carbocycles. The largest absolute Gasteiger partial charge is 0.456 e. The van der Waals surface area contributed by atoms with Crippen LogP contribution < -0.4 is 10.6 Å². The predicted molar refractivity (Wildman–Crippen MR) is 149 cm³/mol. The molecule has 36 heavy (non-hydrogen) atoms. The molecule has 6 heteroatoms. The average molecular weight is 498 g/mol. The summed E-state index contributed by atoms with van der Waals surface area (Å²) in [6.45, 7) is 5.12. The maximum atomic E-state index is 13.3. The summed E-state index contributed by atoms with van der Waals surface area (Å²) in [4.78, 5) is 15.7. The van der Waals surface area contributed by atoms with Gasteiger partial charge < -0.3 is 15.1 Å². The van der Waals surface area contributed by atoms with Gasteiger partial charge >= 0.3 is 0 Å². The minimum Gasteiger partial charge on any atom is -0.456 e. The number of fused-ring (bicyclic) bond motifs is 2. The number of para-hydroxylation sites is 1. The van der Waals surface area contributed by atoms with E-state index in [0.29, 0.717) is 5.56 Å². The molecule has 0 saturated carbocycles. The highest BCUT2D eigenvalue weighted by molar-refractivity contribution is 6.14. The summed E-state index contributed by atoms with van der Waals surface area (Å²) in [7, 11) is 0. The number of hydrogen-bond acceptors (Lipinski definition) is 4. The molecule has 5 nitrogen and oxygen atoms in total. The number of piperazine rings is 1. The van der Waals surface area contributed by atoms with Crippen LogP contribution in [0.5, 0.6) is 0 Å². The van der Waals surface area contributed by atoms with Gasteiger partial charge in [0.25, 0.3) is 5.91 Å². The summed E-state index contributed by atoms with van der Waals surface area (Å²) in [6.07, 6.45) is 0. The topological polar surface area (TPSA) is 57.5 Å². The highest BCUT2D eigenvalue weighted by Gasteiger charge is 2.16. The van der Waals surface area contributed by atoms with Crippen molar-refractivity contribution in [3.05, 3.63) is 102 Å². The first-order valence-corrected chi connectivity index (χ1v) is 12.1. The Morgan fingerprint density at radius 3 is 2.53 bits per heavy atom. The Kier molecular flexibility index (Phi) is 7.05. The Morgan fingerprint density at radius 1 is 0.861 bits per heavy atom. The van der Waals surface area contributed by atoms with Gasteiger partial charge in [-0.25, -0.2) is 0 Å². The van der Waals surface area contributed by atoms with Gasteiger partial charge in [-0.1, -0.05) is 60.7 Å². The van der Waals surface area contributed by atoms with Crippen LogP contribution in [0.25, 0.3) is 33.1 Å². The number of carbonyl (C=O) groups excluding carboxylic acids is 1. The van der Waals surface area contributed by atoms with Gasteiger partial charge in [-0.15, -0.1) is 12.4 Å². The number of rotatable bonds is 5. The molecule has 5 aromatic rings. The number of amides is 1. The highest BCUT2D eigenvalue weighted by Crippen LogP contribution is 2.34. The first-order chi connectivity index (χ1) is 17.2. The molecule has 1 aliphatic rings. The molecule has 0 spiro atoms. The number of carbonyl (C=O) groups is 1. The fraction of sp³-hybridized carbons (Fsp3) is 0.167. The van der Waals surface area contributed by atoms with E-state index in [9.17, 15) is 4.79 Å². The van der Waals surface area contributed by atoms with Crippen LogP contribution in [0.1, 0.15) is 15.9 Å². The van der Waals surface area contributed by atoms with Gasteiger partial charge in [-0.3, -0.25) is 9.69 Å². The molecule has 1 saturated heterocycles. The van der Waals surface area contributed by atoms with E-state index in [1.807, 2.05) is 72.8 Å². The molecule has 0 radical (unpaired) electrons. The monoisotopic (exact) mass is 497 g/mol. The minimum atomic E-state index is -0.135. The van der Waals surface area contributed by atoms with Crippen LogP contribution in [0, 0.1) is 0 Å². The molecular weight excluding hydrogens is 470 g/mol. The van der Waals surface area contributed by atoms with E-state index in [1.165, 1.54) is 5.56 Å². The van der Waals surface area contributed by atoms with E-state index in [4.69, 9.17) is 4.42 Å². The summed E-state index contributed by atoms with van der Waals surface area (Å²) in [5, 5.41) is 9.55. The Bertz CT molecular complexity index is 1520. The summed E-state index contributed by atoms with van der Waals surface area (Å²) in [5.74, 6) is 0.608. The smallest absolute Gasteiger partial charge is 0.256 e. The van der Waals surface area contributed by atoms with Gasteiger partial charge in [0.2, 0.25) is 0 Å². The third-order valence-electron chi connectivity index (χ3n) is 6.68. The van der Waals surface area contributed by atoms with E-state index in [2.05, 4.69) is 33.7 Å². The van der Waals surface area contributed by atoms with Crippen LogP contribution in [-0.2, 0) is 6.54 Å². The second kappa shape index (κ2) is 10.5. The SMILES string of the molecule is Cl.O=C(Nc1ccccc1-c1cc2ccc(CN3CCNCC3)cc2o1)c1cccc2ccccc12. The van der Waals surface area contributed by atoms with Crippen LogP contribution in [-0.4, -0.2) is 37.0 Å². The summed E-state index contributed by atoms with van der Waals surface area (Å²) >= 11 is 0. The zero-order chi connectivity index (χ0) is 23.6. The lowest BCUT2D eigenvalue weighted by Gasteiger charge is -2.27. The number of benzene rings is 4. The van der Waals surface area contributed by atoms with Crippen LogP contribution in [0.3, 0.4) is 0 Å². The fourth-order valence-corrected chi connectivity index (χ4v) is 4.85. The lowest BCUT2D eigenvalue weighted by atomic mass is 10.0. The molecule has 1 aromatic heterocycles. The zero-order valence-corrected chi connectivity index (χ0v) is 20.7. The maximum Gasteiger partial charge on any atom is 0.256 e. The van der Waals surface area contributed by atoms with E-state index in [0.717, 1.165) is 71.5 Å². The second-order valence-electron chi connectivity index (χ2n) is 9.04. The van der Waals surface area contributed by atoms with E-state index >= 15 is 0 Å². The number of furan rings is 1. The van der Waals surface area contributed by atoms with E-state index in [1.54, 1.807) is 0 Å². The number of nitrogens with zero attached hydrogens (tertiary/aromatic N) is 1. The van der Waals surface area contributed by atoms with Gasteiger partial charge in [-0.05, 0) is 46.7 Å². The van der Waals surface area contributed by atoms with Gasteiger partial charge in [0.05, 0.1) is 5.69 Å². The molecule has 1 amide bonds. The van der Waals surface area contributed by atoms with E-state index in [-0.39, 0.29) is 18.3 Å². The van der Waals surface area contributed by atoms with Gasteiger partial charge in [0, 0.05) is 49.2 Å². The third-order valence-corrected chi connectivity index (χ3v) is 6.68. The normalized spacial score (nSPS) is 14.0. The molecule has 182 valence electrons. The molecule has 0 unspecified atom stereocenters. The van der Waals surface area contributed by atoms with Crippen molar-refractivity contribution in [1.82, 2.24) is 10.2 Å². The third kappa shape index (κ3) is 4.86. The van der Waals surface area contributed by atoms with Crippen molar-refractivity contribution in [3.63, 3.8) is 0 Å². The van der Waals surface area contributed by atoms with Crippen LogP contribution >= 0.6 is 12.4 Å². The lowest BCUT2D eigenvalue weighted by molar-refractivity contribution is 0.102. The van der Waals surface area contributed by atoms with E-state index < -0.39 is 0 Å². The Morgan fingerprint density at radius 2 is 1.64 bits per heavy atom. The molecule has 2 N–H and O–H groups in total. The second-order valence-corrected chi connectivity index (χ2v) is 9.04. The van der Waals surface area contributed by atoms with Crippen molar-refractivity contribution in [2.45, 2.75) is 6.54 Å². The van der Waals surface area contributed by atoms with Crippen molar-refractivity contribution in [1.29, 1.82) is 0 Å².